The van der Waals surface area contributed by atoms with Gasteiger partial charge in [-0.3, -0.25) is 4.79 Å². The first-order valence-electron chi connectivity index (χ1n) is 5.79. The van der Waals surface area contributed by atoms with Crippen LogP contribution in [0.1, 0.15) is 18.9 Å². The van der Waals surface area contributed by atoms with Crippen LogP contribution < -0.4 is 5.32 Å². The second kappa shape index (κ2) is 5.27. The van der Waals surface area contributed by atoms with Gasteiger partial charge < -0.3 is 5.32 Å². The zero-order valence-corrected chi connectivity index (χ0v) is 10.9. The smallest absolute Gasteiger partial charge is 0.222 e. The van der Waals surface area contributed by atoms with Crippen LogP contribution in [0.2, 0.25) is 0 Å². The van der Waals surface area contributed by atoms with E-state index in [1.807, 2.05) is 32.0 Å². The number of nitrogens with zero attached hydrogens (tertiary/aromatic N) is 1. The molecule has 0 atom stereocenters. The lowest BCUT2D eigenvalue weighted by atomic mass is 10.2. The highest BCUT2D eigenvalue weighted by molar-refractivity contribution is 7.18. The molecule has 90 valence electrons. The Morgan fingerprint density at radius 1 is 1.41 bits per heavy atom. The summed E-state index contributed by atoms with van der Waals surface area (Å²) in [6.45, 7) is 4.46. The van der Waals surface area contributed by atoms with Gasteiger partial charge >= 0.3 is 0 Å². The molecule has 17 heavy (non-hydrogen) atoms. The molecule has 0 saturated heterocycles. The monoisotopic (exact) mass is 248 g/mol. The Labute approximate surface area is 105 Å². The van der Waals surface area contributed by atoms with Gasteiger partial charge in [-0.2, -0.15) is 0 Å². The molecule has 1 heterocycles. The van der Waals surface area contributed by atoms with Crippen LogP contribution in [0.5, 0.6) is 0 Å². The predicted octanol–water partition coefficient (Wildman–Crippen LogP) is 2.61. The Hall–Kier alpha value is -1.42. The summed E-state index contributed by atoms with van der Waals surface area (Å²) in [5.41, 5.74) is 1.04. The Morgan fingerprint density at radius 3 is 2.88 bits per heavy atom. The van der Waals surface area contributed by atoms with Crippen LogP contribution in [-0.4, -0.2) is 17.4 Å². The highest BCUT2D eigenvalue weighted by Gasteiger charge is 2.07. The highest BCUT2D eigenvalue weighted by atomic mass is 32.1. The van der Waals surface area contributed by atoms with Crippen molar-refractivity contribution in [2.24, 2.45) is 5.92 Å². The number of thiazole rings is 1. The number of para-hydroxylation sites is 1. The van der Waals surface area contributed by atoms with Crippen LogP contribution in [0.15, 0.2) is 24.3 Å². The fourth-order valence-electron chi connectivity index (χ4n) is 1.52. The van der Waals surface area contributed by atoms with E-state index in [-0.39, 0.29) is 11.8 Å². The van der Waals surface area contributed by atoms with E-state index in [4.69, 9.17) is 0 Å². The van der Waals surface area contributed by atoms with Crippen LogP contribution in [0, 0.1) is 5.92 Å². The quantitative estimate of drug-likeness (QED) is 0.903. The van der Waals surface area contributed by atoms with E-state index >= 15 is 0 Å². The molecule has 0 aliphatic carbocycles. The SMILES string of the molecule is CC(C)C(=O)NCCc1nc2ccccc2s1. The zero-order chi connectivity index (χ0) is 12.3. The maximum absolute atomic E-state index is 11.4. The molecule has 0 radical (unpaired) electrons. The number of carbonyl (C=O) groups excluding carboxylic acids is 1. The van der Waals surface area contributed by atoms with Crippen molar-refractivity contribution in [2.75, 3.05) is 6.54 Å². The van der Waals surface area contributed by atoms with Crippen LogP contribution in [0.4, 0.5) is 0 Å². The molecule has 4 heteroatoms. The minimum atomic E-state index is 0.0466. The summed E-state index contributed by atoms with van der Waals surface area (Å²) < 4.78 is 1.21. The first-order chi connectivity index (χ1) is 8.16. The Kier molecular flexibility index (Phi) is 3.74. The average Bonchev–Trinajstić information content (AvgIpc) is 2.71. The molecule has 1 aromatic heterocycles. The molecule has 2 rings (SSSR count). The minimum Gasteiger partial charge on any atom is -0.355 e. The van der Waals surface area contributed by atoms with E-state index in [1.54, 1.807) is 11.3 Å². The zero-order valence-electron chi connectivity index (χ0n) is 10.1. The maximum atomic E-state index is 11.4. The van der Waals surface area contributed by atoms with Gasteiger partial charge in [0.25, 0.3) is 0 Å². The van der Waals surface area contributed by atoms with Gasteiger partial charge in [-0.25, -0.2) is 4.98 Å². The first-order valence-corrected chi connectivity index (χ1v) is 6.60. The second-order valence-electron chi connectivity index (χ2n) is 4.27. The number of carbonyl (C=O) groups is 1. The Balaban J connectivity index is 1.93. The summed E-state index contributed by atoms with van der Waals surface area (Å²) in [7, 11) is 0. The van der Waals surface area contributed by atoms with Crippen molar-refractivity contribution in [1.82, 2.24) is 10.3 Å². The number of hydrogen-bond donors (Lipinski definition) is 1. The molecule has 0 unspecified atom stereocenters. The first kappa shape index (κ1) is 12.0. The van der Waals surface area contributed by atoms with E-state index in [0.29, 0.717) is 6.54 Å². The van der Waals surface area contributed by atoms with Gasteiger partial charge in [0, 0.05) is 18.9 Å². The third kappa shape index (κ3) is 3.03. The van der Waals surface area contributed by atoms with Crippen molar-refractivity contribution >= 4 is 27.5 Å². The van der Waals surface area contributed by atoms with E-state index in [0.717, 1.165) is 16.9 Å². The molecule has 2 aromatic rings. The van der Waals surface area contributed by atoms with Crippen LogP contribution >= 0.6 is 11.3 Å². The molecule has 0 aliphatic heterocycles. The molecule has 0 bridgehead atoms. The molecule has 3 nitrogen and oxygen atoms in total. The molecule has 1 amide bonds. The van der Waals surface area contributed by atoms with E-state index < -0.39 is 0 Å². The van der Waals surface area contributed by atoms with Crippen molar-refractivity contribution in [2.45, 2.75) is 20.3 Å². The predicted molar refractivity (Wildman–Crippen MR) is 71.2 cm³/mol. The van der Waals surface area contributed by atoms with Gasteiger partial charge in [-0.05, 0) is 12.1 Å². The third-order valence-electron chi connectivity index (χ3n) is 2.50. The lowest BCUT2D eigenvalue weighted by molar-refractivity contribution is -0.123. The van der Waals surface area contributed by atoms with Crippen molar-refractivity contribution in [3.8, 4) is 0 Å². The number of aromatic nitrogens is 1. The van der Waals surface area contributed by atoms with E-state index in [9.17, 15) is 4.79 Å². The van der Waals surface area contributed by atoms with Crippen molar-refractivity contribution in [3.63, 3.8) is 0 Å². The lowest BCUT2D eigenvalue weighted by Crippen LogP contribution is -2.29. The standard InChI is InChI=1S/C13H16N2OS/c1-9(2)13(16)14-8-7-12-15-10-5-3-4-6-11(10)17-12/h3-6,9H,7-8H2,1-2H3,(H,14,16). The molecule has 0 saturated carbocycles. The van der Waals surface area contributed by atoms with E-state index in [2.05, 4.69) is 16.4 Å². The van der Waals surface area contributed by atoms with Gasteiger partial charge in [0.05, 0.1) is 15.2 Å². The third-order valence-corrected chi connectivity index (χ3v) is 3.60. The average molecular weight is 248 g/mol. The summed E-state index contributed by atoms with van der Waals surface area (Å²) in [5, 5.41) is 3.98. The van der Waals surface area contributed by atoms with Gasteiger partial charge in [0.2, 0.25) is 5.91 Å². The number of fused-ring (bicyclic) bond motifs is 1. The van der Waals surface area contributed by atoms with Crippen molar-refractivity contribution in [1.29, 1.82) is 0 Å². The number of rotatable bonds is 4. The fraction of sp³-hybridized carbons (Fsp3) is 0.385. The number of amides is 1. The minimum absolute atomic E-state index is 0.0466. The number of benzene rings is 1. The van der Waals surface area contributed by atoms with Crippen LogP contribution in [0.25, 0.3) is 10.2 Å². The van der Waals surface area contributed by atoms with Gasteiger partial charge in [-0.15, -0.1) is 11.3 Å². The Morgan fingerprint density at radius 2 is 2.18 bits per heavy atom. The molecular weight excluding hydrogens is 232 g/mol. The van der Waals surface area contributed by atoms with Gasteiger partial charge in [0.1, 0.15) is 0 Å². The lowest BCUT2D eigenvalue weighted by Gasteiger charge is -2.05. The van der Waals surface area contributed by atoms with Crippen molar-refractivity contribution in [3.05, 3.63) is 29.3 Å². The fourth-order valence-corrected chi connectivity index (χ4v) is 2.49. The number of hydrogen-bond acceptors (Lipinski definition) is 3. The van der Waals surface area contributed by atoms with Crippen molar-refractivity contribution < 1.29 is 4.79 Å². The molecular formula is C13H16N2OS. The Bertz CT molecular complexity index is 486. The molecule has 1 N–H and O–H groups in total. The molecule has 0 fully saturated rings. The highest BCUT2D eigenvalue weighted by Crippen LogP contribution is 2.21. The summed E-state index contributed by atoms with van der Waals surface area (Å²) >= 11 is 1.69. The van der Waals surface area contributed by atoms with Gasteiger partial charge in [-0.1, -0.05) is 26.0 Å². The largest absolute Gasteiger partial charge is 0.355 e. The topological polar surface area (TPSA) is 42.0 Å². The van der Waals surface area contributed by atoms with Crippen LogP contribution in [0.3, 0.4) is 0 Å². The summed E-state index contributed by atoms with van der Waals surface area (Å²) in [5.74, 6) is 0.150. The molecule has 0 spiro atoms. The molecule has 0 aliphatic rings. The van der Waals surface area contributed by atoms with Gasteiger partial charge in [0.15, 0.2) is 0 Å². The van der Waals surface area contributed by atoms with E-state index in [1.165, 1.54) is 4.70 Å². The normalized spacial score (nSPS) is 11.0. The summed E-state index contributed by atoms with van der Waals surface area (Å²) in [6.07, 6.45) is 0.803. The molecule has 1 aromatic carbocycles. The maximum Gasteiger partial charge on any atom is 0.222 e. The second-order valence-corrected chi connectivity index (χ2v) is 5.39. The van der Waals surface area contributed by atoms with Crippen LogP contribution in [-0.2, 0) is 11.2 Å². The summed E-state index contributed by atoms with van der Waals surface area (Å²) in [6, 6.07) is 8.10. The summed E-state index contributed by atoms with van der Waals surface area (Å²) in [4.78, 5) is 15.9. The number of nitrogens with one attached hydrogen (secondary N) is 1.